The zero-order valence-corrected chi connectivity index (χ0v) is 14.9. The van der Waals surface area contributed by atoms with Crippen LogP contribution in [0.15, 0.2) is 64.1 Å². The molecule has 138 valence electrons. The summed E-state index contributed by atoms with van der Waals surface area (Å²) in [5.74, 6) is 0.0330. The van der Waals surface area contributed by atoms with Gasteiger partial charge in [0.05, 0.1) is 0 Å². The third kappa shape index (κ3) is 3.84. The van der Waals surface area contributed by atoms with Crippen molar-refractivity contribution in [2.45, 2.75) is 12.8 Å². The molecule has 1 fully saturated rings. The highest BCUT2D eigenvalue weighted by molar-refractivity contribution is 5.96. The first kappa shape index (κ1) is 17.3. The van der Waals surface area contributed by atoms with Gasteiger partial charge in [-0.2, -0.15) is 0 Å². The lowest BCUT2D eigenvalue weighted by molar-refractivity contribution is 0.0941. The summed E-state index contributed by atoms with van der Waals surface area (Å²) in [5.41, 5.74) is 1.13. The summed E-state index contributed by atoms with van der Waals surface area (Å²) < 4.78 is 5.24. The van der Waals surface area contributed by atoms with E-state index in [1.807, 2.05) is 24.3 Å². The number of anilines is 1. The molecule has 0 spiro atoms. The largest absolute Gasteiger partial charge is 0.422 e. The molecule has 0 radical (unpaired) electrons. The molecule has 1 amide bonds. The van der Waals surface area contributed by atoms with Gasteiger partial charge in [0.15, 0.2) is 0 Å². The van der Waals surface area contributed by atoms with Crippen molar-refractivity contribution in [2.75, 3.05) is 24.5 Å². The van der Waals surface area contributed by atoms with E-state index in [0.29, 0.717) is 18.0 Å². The number of nitrogens with one attached hydrogen (secondary N) is 1. The van der Waals surface area contributed by atoms with E-state index in [1.165, 1.54) is 5.69 Å². The van der Waals surface area contributed by atoms with Gasteiger partial charge in [0, 0.05) is 43.1 Å². The van der Waals surface area contributed by atoms with Gasteiger partial charge in [0.25, 0.3) is 5.91 Å². The maximum Gasteiger partial charge on any atom is 0.349 e. The summed E-state index contributed by atoms with van der Waals surface area (Å²) >= 11 is 0. The van der Waals surface area contributed by atoms with Gasteiger partial charge >= 0.3 is 5.63 Å². The van der Waals surface area contributed by atoms with E-state index in [1.54, 1.807) is 30.6 Å². The van der Waals surface area contributed by atoms with Crippen LogP contribution in [0.25, 0.3) is 11.0 Å². The molecular formula is C21H21N3O3. The molecule has 2 aromatic heterocycles. The first-order valence-electron chi connectivity index (χ1n) is 9.17. The molecule has 0 aliphatic carbocycles. The zero-order chi connectivity index (χ0) is 18.6. The van der Waals surface area contributed by atoms with E-state index in [9.17, 15) is 9.59 Å². The predicted octanol–water partition coefficient (Wildman–Crippen LogP) is 2.83. The van der Waals surface area contributed by atoms with Gasteiger partial charge in [-0.25, -0.2) is 4.79 Å². The summed E-state index contributed by atoms with van der Waals surface area (Å²) in [6.45, 7) is 2.46. The first-order chi connectivity index (χ1) is 13.2. The maximum absolute atomic E-state index is 12.4. The highest BCUT2D eigenvalue weighted by atomic mass is 16.4. The number of para-hydroxylation sites is 1. The number of nitrogens with zero attached hydrogens (tertiary/aromatic N) is 2. The number of carbonyl (C=O) groups excluding carboxylic acids is 1. The molecule has 4 rings (SSSR count). The van der Waals surface area contributed by atoms with Crippen molar-refractivity contribution in [1.29, 1.82) is 0 Å². The van der Waals surface area contributed by atoms with E-state index in [0.717, 1.165) is 31.3 Å². The van der Waals surface area contributed by atoms with Crippen LogP contribution in [-0.4, -0.2) is 30.5 Å². The number of rotatable bonds is 4. The van der Waals surface area contributed by atoms with E-state index < -0.39 is 5.63 Å². The number of fused-ring (bicyclic) bond motifs is 1. The van der Waals surface area contributed by atoms with Crippen molar-refractivity contribution in [3.8, 4) is 0 Å². The van der Waals surface area contributed by atoms with Crippen molar-refractivity contribution in [3.63, 3.8) is 0 Å². The van der Waals surface area contributed by atoms with Crippen LogP contribution >= 0.6 is 0 Å². The number of carbonyl (C=O) groups is 1. The Morgan fingerprint density at radius 3 is 2.67 bits per heavy atom. The average Bonchev–Trinajstić information content (AvgIpc) is 2.72. The van der Waals surface area contributed by atoms with Gasteiger partial charge in [-0.15, -0.1) is 0 Å². The van der Waals surface area contributed by atoms with E-state index >= 15 is 0 Å². The van der Waals surface area contributed by atoms with Crippen LogP contribution in [0.4, 0.5) is 5.69 Å². The Bertz CT molecular complexity index is 992. The normalized spacial score (nSPS) is 15.0. The minimum absolute atomic E-state index is 0.0583. The van der Waals surface area contributed by atoms with Gasteiger partial charge in [0.1, 0.15) is 11.1 Å². The minimum Gasteiger partial charge on any atom is -0.422 e. The SMILES string of the molecule is O=C(NCC1CCN(c2ccncc2)CC1)c1cc2ccccc2oc1=O. The molecular weight excluding hydrogens is 342 g/mol. The Morgan fingerprint density at radius 2 is 1.89 bits per heavy atom. The Balaban J connectivity index is 1.35. The highest BCUT2D eigenvalue weighted by Gasteiger charge is 2.21. The summed E-state index contributed by atoms with van der Waals surface area (Å²) in [5, 5.41) is 3.64. The standard InChI is InChI=1S/C21H21N3O3/c25-20(18-13-16-3-1-2-4-19(16)27-21(18)26)23-14-15-7-11-24(12-8-15)17-5-9-22-10-6-17/h1-6,9-10,13,15H,7-8,11-12,14H2,(H,23,25). The molecule has 1 N–H and O–H groups in total. The Labute approximate surface area is 156 Å². The number of amides is 1. The smallest absolute Gasteiger partial charge is 0.349 e. The number of hydrogen-bond acceptors (Lipinski definition) is 5. The Morgan fingerprint density at radius 1 is 1.15 bits per heavy atom. The van der Waals surface area contributed by atoms with Crippen molar-refractivity contribution in [2.24, 2.45) is 5.92 Å². The number of pyridine rings is 1. The highest BCUT2D eigenvalue weighted by Crippen LogP contribution is 2.22. The molecule has 3 aromatic rings. The van der Waals surface area contributed by atoms with Crippen LogP contribution in [0, 0.1) is 5.92 Å². The molecule has 0 unspecified atom stereocenters. The molecule has 1 aromatic carbocycles. The number of piperidine rings is 1. The number of benzene rings is 1. The predicted molar refractivity (Wildman–Crippen MR) is 104 cm³/mol. The maximum atomic E-state index is 12.4. The van der Waals surface area contributed by atoms with Crippen molar-refractivity contribution in [3.05, 3.63) is 70.8 Å². The van der Waals surface area contributed by atoms with Crippen LogP contribution < -0.4 is 15.8 Å². The molecule has 6 nitrogen and oxygen atoms in total. The fourth-order valence-electron chi connectivity index (χ4n) is 3.50. The van der Waals surface area contributed by atoms with Gasteiger partial charge in [-0.05, 0) is 43.0 Å². The summed E-state index contributed by atoms with van der Waals surface area (Å²) in [6, 6.07) is 12.8. The topological polar surface area (TPSA) is 75.4 Å². The van der Waals surface area contributed by atoms with Gasteiger partial charge in [0.2, 0.25) is 0 Å². The fraction of sp³-hybridized carbons (Fsp3) is 0.286. The molecule has 27 heavy (non-hydrogen) atoms. The first-order valence-corrected chi connectivity index (χ1v) is 9.17. The van der Waals surface area contributed by atoms with Crippen molar-refractivity contribution < 1.29 is 9.21 Å². The second-order valence-corrected chi connectivity index (χ2v) is 6.83. The molecule has 0 saturated carbocycles. The van der Waals surface area contributed by atoms with Gasteiger partial charge < -0.3 is 14.6 Å². The summed E-state index contributed by atoms with van der Waals surface area (Å²) in [4.78, 5) is 30.9. The molecule has 0 atom stereocenters. The molecule has 6 heteroatoms. The zero-order valence-electron chi connectivity index (χ0n) is 14.9. The Kier molecular flexibility index (Phi) is 4.87. The summed E-state index contributed by atoms with van der Waals surface area (Å²) in [7, 11) is 0. The lowest BCUT2D eigenvalue weighted by Gasteiger charge is -2.33. The van der Waals surface area contributed by atoms with Crippen LogP contribution in [-0.2, 0) is 0 Å². The van der Waals surface area contributed by atoms with Crippen LogP contribution in [0.2, 0.25) is 0 Å². The second-order valence-electron chi connectivity index (χ2n) is 6.83. The van der Waals surface area contributed by atoms with E-state index in [4.69, 9.17) is 4.42 Å². The van der Waals surface area contributed by atoms with Crippen molar-refractivity contribution in [1.82, 2.24) is 10.3 Å². The minimum atomic E-state index is -0.598. The monoisotopic (exact) mass is 363 g/mol. The molecule has 1 saturated heterocycles. The second kappa shape index (κ2) is 7.61. The average molecular weight is 363 g/mol. The molecule has 3 heterocycles. The lowest BCUT2D eigenvalue weighted by Crippen LogP contribution is -2.39. The lowest BCUT2D eigenvalue weighted by atomic mass is 9.96. The number of aromatic nitrogens is 1. The molecule has 1 aliphatic heterocycles. The van der Waals surface area contributed by atoms with E-state index in [2.05, 4.69) is 15.2 Å². The van der Waals surface area contributed by atoms with Crippen LogP contribution in [0.5, 0.6) is 0 Å². The van der Waals surface area contributed by atoms with E-state index in [-0.39, 0.29) is 11.5 Å². The molecule has 0 bridgehead atoms. The molecule has 1 aliphatic rings. The van der Waals surface area contributed by atoms with Gasteiger partial charge in [-0.3, -0.25) is 9.78 Å². The fourth-order valence-corrected chi connectivity index (χ4v) is 3.50. The summed E-state index contributed by atoms with van der Waals surface area (Å²) in [6.07, 6.45) is 5.59. The third-order valence-corrected chi connectivity index (χ3v) is 5.08. The van der Waals surface area contributed by atoms with Crippen LogP contribution in [0.1, 0.15) is 23.2 Å². The van der Waals surface area contributed by atoms with Crippen LogP contribution in [0.3, 0.4) is 0 Å². The quantitative estimate of drug-likeness (QED) is 0.722. The Hall–Kier alpha value is -3.15. The third-order valence-electron chi connectivity index (χ3n) is 5.08. The van der Waals surface area contributed by atoms with Gasteiger partial charge in [-0.1, -0.05) is 18.2 Å². The van der Waals surface area contributed by atoms with Crippen molar-refractivity contribution >= 4 is 22.6 Å². The number of hydrogen-bond donors (Lipinski definition) is 1.